The third kappa shape index (κ3) is 1.75. The van der Waals surface area contributed by atoms with Crippen molar-refractivity contribution in [3.05, 3.63) is 12.3 Å². The lowest BCUT2D eigenvalue weighted by molar-refractivity contribution is 0.493. The van der Waals surface area contributed by atoms with Crippen LogP contribution in [0.2, 0.25) is 0 Å². The Bertz CT molecular complexity index is 271. The first kappa shape index (κ1) is 8.15. The van der Waals surface area contributed by atoms with Gasteiger partial charge >= 0.3 is 0 Å². The van der Waals surface area contributed by atoms with Crippen LogP contribution in [0.15, 0.2) is 17.3 Å². The zero-order chi connectivity index (χ0) is 8.27. The van der Waals surface area contributed by atoms with Crippen molar-refractivity contribution in [2.24, 2.45) is 0 Å². The Balaban J connectivity index is 2.89. The predicted octanol–water partition coefficient (Wildman–Crippen LogP) is 2.04. The Morgan fingerprint density at radius 3 is 3.00 bits per heavy atom. The molecule has 0 aromatic carbocycles. The molecule has 1 rings (SSSR count). The lowest BCUT2D eigenvalue weighted by Gasteiger charge is -2.06. The highest BCUT2D eigenvalue weighted by molar-refractivity contribution is 8.03. The summed E-state index contributed by atoms with van der Waals surface area (Å²) in [5, 5.41) is 15.4. The van der Waals surface area contributed by atoms with Gasteiger partial charge in [-0.1, -0.05) is 0 Å². The van der Waals surface area contributed by atoms with Crippen LogP contribution in [-0.4, -0.2) is 9.78 Å². The summed E-state index contributed by atoms with van der Waals surface area (Å²) in [4.78, 5) is 0. The lowest BCUT2D eigenvalue weighted by Crippen LogP contribution is -2.03. The van der Waals surface area contributed by atoms with Crippen molar-refractivity contribution in [3.8, 4) is 5.40 Å². The fourth-order valence-electron chi connectivity index (χ4n) is 0.818. The van der Waals surface area contributed by atoms with Crippen LogP contribution in [0.1, 0.15) is 19.9 Å². The van der Waals surface area contributed by atoms with E-state index in [1.165, 1.54) is 0 Å². The van der Waals surface area contributed by atoms with Crippen LogP contribution in [0.3, 0.4) is 0 Å². The van der Waals surface area contributed by atoms with Crippen LogP contribution >= 0.6 is 11.8 Å². The molecule has 0 radical (unpaired) electrons. The van der Waals surface area contributed by atoms with Gasteiger partial charge in [0.25, 0.3) is 0 Å². The summed E-state index contributed by atoms with van der Waals surface area (Å²) < 4.78 is 1.83. The van der Waals surface area contributed by atoms with Gasteiger partial charge in [-0.2, -0.15) is 10.4 Å². The fourth-order valence-corrected chi connectivity index (χ4v) is 1.39. The van der Waals surface area contributed by atoms with Gasteiger partial charge in [-0.25, -0.2) is 0 Å². The van der Waals surface area contributed by atoms with Crippen molar-refractivity contribution < 1.29 is 0 Å². The molecule has 1 aromatic heterocycles. The van der Waals surface area contributed by atoms with E-state index in [9.17, 15) is 0 Å². The molecular weight excluding hydrogens is 158 g/mol. The molecular formula is C7H9N3S. The number of thioether (sulfide) groups is 1. The van der Waals surface area contributed by atoms with E-state index in [0.29, 0.717) is 6.04 Å². The maximum atomic E-state index is 8.42. The molecule has 0 saturated heterocycles. The van der Waals surface area contributed by atoms with E-state index < -0.39 is 0 Å². The van der Waals surface area contributed by atoms with Crippen molar-refractivity contribution in [2.75, 3.05) is 0 Å². The fraction of sp³-hybridized carbons (Fsp3) is 0.429. The van der Waals surface area contributed by atoms with E-state index in [4.69, 9.17) is 5.26 Å². The molecule has 1 aromatic rings. The van der Waals surface area contributed by atoms with Crippen LogP contribution < -0.4 is 0 Å². The molecule has 0 unspecified atom stereocenters. The van der Waals surface area contributed by atoms with Gasteiger partial charge in [-0.3, -0.25) is 4.68 Å². The molecule has 0 aliphatic carbocycles. The summed E-state index contributed by atoms with van der Waals surface area (Å²) in [5.74, 6) is 0. The first-order valence-electron chi connectivity index (χ1n) is 3.35. The summed E-state index contributed by atoms with van der Waals surface area (Å²) in [6, 6.07) is 2.16. The minimum Gasteiger partial charge on any atom is -0.256 e. The van der Waals surface area contributed by atoms with E-state index in [1.807, 2.05) is 30.0 Å². The minimum absolute atomic E-state index is 0.320. The lowest BCUT2D eigenvalue weighted by atomic mass is 10.4. The molecule has 0 fully saturated rings. The molecule has 0 N–H and O–H groups in total. The SMILES string of the molecule is CC(C)n1nccc1SC#N. The van der Waals surface area contributed by atoms with Crippen LogP contribution in [0.4, 0.5) is 0 Å². The van der Waals surface area contributed by atoms with E-state index in [0.717, 1.165) is 16.8 Å². The highest BCUT2D eigenvalue weighted by atomic mass is 32.2. The monoisotopic (exact) mass is 167 g/mol. The first-order chi connectivity index (χ1) is 5.25. The number of hydrogen-bond donors (Lipinski definition) is 0. The normalized spacial score (nSPS) is 10.0. The van der Waals surface area contributed by atoms with E-state index in [2.05, 4.69) is 5.10 Å². The van der Waals surface area contributed by atoms with Crippen molar-refractivity contribution >= 4 is 11.8 Å². The highest BCUT2D eigenvalue weighted by Crippen LogP contribution is 2.18. The van der Waals surface area contributed by atoms with Gasteiger partial charge in [0.05, 0.1) is 6.20 Å². The number of nitrogens with zero attached hydrogens (tertiary/aromatic N) is 3. The van der Waals surface area contributed by atoms with Crippen LogP contribution in [0.25, 0.3) is 0 Å². The van der Waals surface area contributed by atoms with Crippen molar-refractivity contribution in [1.29, 1.82) is 5.26 Å². The Morgan fingerprint density at radius 1 is 1.73 bits per heavy atom. The Kier molecular flexibility index (Phi) is 2.55. The summed E-state index contributed by atoms with van der Waals surface area (Å²) >= 11 is 1.14. The van der Waals surface area contributed by atoms with Gasteiger partial charge in [-0.15, -0.1) is 0 Å². The van der Waals surface area contributed by atoms with Gasteiger partial charge in [0, 0.05) is 17.8 Å². The van der Waals surface area contributed by atoms with Crippen LogP contribution in [-0.2, 0) is 0 Å². The smallest absolute Gasteiger partial charge is 0.140 e. The Labute approximate surface area is 70.0 Å². The van der Waals surface area contributed by atoms with Crippen molar-refractivity contribution in [3.63, 3.8) is 0 Å². The zero-order valence-electron chi connectivity index (χ0n) is 6.48. The largest absolute Gasteiger partial charge is 0.256 e. The topological polar surface area (TPSA) is 41.6 Å². The standard InChI is InChI=1S/C7H9N3S/c1-6(2)10-7(11-5-8)3-4-9-10/h3-4,6H,1-2H3. The average Bonchev–Trinajstić information content (AvgIpc) is 2.36. The molecule has 11 heavy (non-hydrogen) atoms. The third-order valence-corrected chi connectivity index (χ3v) is 1.90. The molecule has 1 heterocycles. The van der Waals surface area contributed by atoms with Gasteiger partial charge < -0.3 is 0 Å². The molecule has 58 valence electrons. The molecule has 0 bridgehead atoms. The molecule has 0 amide bonds. The van der Waals surface area contributed by atoms with Gasteiger partial charge in [0.1, 0.15) is 10.4 Å². The van der Waals surface area contributed by atoms with Gasteiger partial charge in [0.2, 0.25) is 0 Å². The summed E-state index contributed by atoms with van der Waals surface area (Å²) in [6.45, 7) is 4.07. The van der Waals surface area contributed by atoms with Crippen LogP contribution in [0, 0.1) is 10.7 Å². The second-order valence-corrected chi connectivity index (χ2v) is 3.21. The second-order valence-electron chi connectivity index (χ2n) is 2.40. The Hall–Kier alpha value is -0.950. The van der Waals surface area contributed by atoms with Crippen molar-refractivity contribution in [1.82, 2.24) is 9.78 Å². The maximum absolute atomic E-state index is 8.42. The highest BCUT2D eigenvalue weighted by Gasteiger charge is 2.04. The zero-order valence-corrected chi connectivity index (χ0v) is 7.30. The molecule has 0 aliphatic heterocycles. The third-order valence-electron chi connectivity index (χ3n) is 1.27. The van der Waals surface area contributed by atoms with Gasteiger partial charge in [0.15, 0.2) is 0 Å². The summed E-state index contributed by atoms with van der Waals surface area (Å²) in [6.07, 6.45) is 1.71. The second kappa shape index (κ2) is 3.44. The number of rotatable bonds is 2. The molecule has 0 saturated carbocycles. The van der Waals surface area contributed by atoms with E-state index in [-0.39, 0.29) is 0 Å². The quantitative estimate of drug-likeness (QED) is 0.500. The molecule has 0 spiro atoms. The molecule has 3 nitrogen and oxygen atoms in total. The molecule has 0 atom stereocenters. The summed E-state index contributed by atoms with van der Waals surface area (Å²) in [7, 11) is 0. The Morgan fingerprint density at radius 2 is 2.45 bits per heavy atom. The number of hydrogen-bond acceptors (Lipinski definition) is 3. The predicted molar refractivity (Wildman–Crippen MR) is 44.1 cm³/mol. The van der Waals surface area contributed by atoms with Gasteiger partial charge in [-0.05, 0) is 19.9 Å². The molecule has 4 heteroatoms. The first-order valence-corrected chi connectivity index (χ1v) is 4.17. The van der Waals surface area contributed by atoms with E-state index in [1.54, 1.807) is 6.20 Å². The summed E-state index contributed by atoms with van der Waals surface area (Å²) in [5.41, 5.74) is 0. The number of nitriles is 1. The van der Waals surface area contributed by atoms with Crippen molar-refractivity contribution in [2.45, 2.75) is 24.9 Å². The average molecular weight is 167 g/mol. The minimum atomic E-state index is 0.320. The number of thiocyanates is 1. The van der Waals surface area contributed by atoms with Crippen LogP contribution in [0.5, 0.6) is 0 Å². The number of aromatic nitrogens is 2. The van der Waals surface area contributed by atoms with E-state index >= 15 is 0 Å². The molecule has 0 aliphatic rings. The maximum Gasteiger partial charge on any atom is 0.140 e.